The van der Waals surface area contributed by atoms with E-state index in [-0.39, 0.29) is 6.10 Å². The molecule has 1 aromatic carbocycles. The minimum Gasteiger partial charge on any atom is -0.393 e. The topological polar surface area (TPSA) is 49.5 Å². The highest BCUT2D eigenvalue weighted by Gasteiger charge is 2.22. The molecule has 1 fully saturated rings. The molecule has 0 radical (unpaired) electrons. The van der Waals surface area contributed by atoms with E-state index >= 15 is 0 Å². The van der Waals surface area contributed by atoms with E-state index in [2.05, 4.69) is 29.2 Å². The first-order chi connectivity index (χ1) is 8.20. The minimum atomic E-state index is -0.170. The zero-order valence-corrected chi connectivity index (χ0v) is 10.5. The van der Waals surface area contributed by atoms with Crippen molar-refractivity contribution in [3.63, 3.8) is 0 Å². The number of piperidine rings is 1. The third kappa shape index (κ3) is 2.99. The van der Waals surface area contributed by atoms with Crippen LogP contribution in [0.25, 0.3) is 0 Å². The number of aliphatic hydroxyl groups excluding tert-OH is 1. The van der Waals surface area contributed by atoms with Crippen molar-refractivity contribution in [2.45, 2.75) is 32.4 Å². The Morgan fingerprint density at radius 3 is 2.35 bits per heavy atom. The van der Waals surface area contributed by atoms with Crippen LogP contribution in [0.15, 0.2) is 24.3 Å². The van der Waals surface area contributed by atoms with E-state index in [1.165, 1.54) is 11.3 Å². The molecule has 0 aliphatic carbocycles. The zero-order valence-electron chi connectivity index (χ0n) is 10.5. The highest BCUT2D eigenvalue weighted by Crippen LogP contribution is 2.25. The molecule has 1 aliphatic heterocycles. The Hall–Kier alpha value is -1.06. The van der Waals surface area contributed by atoms with Crippen molar-refractivity contribution in [2.24, 2.45) is 11.7 Å². The van der Waals surface area contributed by atoms with Crippen molar-refractivity contribution in [1.82, 2.24) is 0 Å². The number of nitrogens with zero attached hydrogens (tertiary/aromatic N) is 1. The van der Waals surface area contributed by atoms with E-state index in [1.54, 1.807) is 0 Å². The number of hydrogen-bond donors (Lipinski definition) is 2. The van der Waals surface area contributed by atoms with Gasteiger partial charge in [0.25, 0.3) is 0 Å². The van der Waals surface area contributed by atoms with Gasteiger partial charge in [0, 0.05) is 25.3 Å². The Labute approximate surface area is 103 Å². The summed E-state index contributed by atoms with van der Waals surface area (Å²) in [5.41, 5.74) is 8.03. The number of anilines is 1. The summed E-state index contributed by atoms with van der Waals surface area (Å²) >= 11 is 0. The molecular formula is C14H22N2O. The van der Waals surface area contributed by atoms with E-state index in [0.717, 1.165) is 25.9 Å². The van der Waals surface area contributed by atoms with Gasteiger partial charge in [-0.2, -0.15) is 0 Å². The van der Waals surface area contributed by atoms with Crippen LogP contribution < -0.4 is 10.6 Å². The molecule has 0 amide bonds. The molecule has 0 bridgehead atoms. The summed E-state index contributed by atoms with van der Waals surface area (Å²) in [6.07, 6.45) is 1.99. The first kappa shape index (κ1) is 12.4. The van der Waals surface area contributed by atoms with Gasteiger partial charge in [-0.15, -0.1) is 0 Å². The Kier molecular flexibility index (Phi) is 4.02. The van der Waals surface area contributed by atoms with Crippen molar-refractivity contribution in [2.75, 3.05) is 18.0 Å². The van der Waals surface area contributed by atoms with E-state index in [4.69, 9.17) is 5.73 Å². The molecule has 0 aromatic heterocycles. The molecule has 1 aromatic rings. The van der Waals surface area contributed by atoms with Crippen LogP contribution in [0.3, 0.4) is 0 Å². The van der Waals surface area contributed by atoms with Gasteiger partial charge in [-0.3, -0.25) is 0 Å². The van der Waals surface area contributed by atoms with Crippen LogP contribution in [0.4, 0.5) is 5.69 Å². The minimum absolute atomic E-state index is 0.170. The van der Waals surface area contributed by atoms with Crippen molar-refractivity contribution < 1.29 is 5.11 Å². The Morgan fingerprint density at radius 2 is 1.88 bits per heavy atom. The second kappa shape index (κ2) is 5.52. The van der Waals surface area contributed by atoms with Gasteiger partial charge in [0.1, 0.15) is 0 Å². The summed E-state index contributed by atoms with van der Waals surface area (Å²) in [7, 11) is 0. The van der Waals surface area contributed by atoms with Crippen LogP contribution in [-0.2, 0) is 6.54 Å². The van der Waals surface area contributed by atoms with Crippen LogP contribution in [0.2, 0.25) is 0 Å². The van der Waals surface area contributed by atoms with Crippen LogP contribution in [-0.4, -0.2) is 24.3 Å². The highest BCUT2D eigenvalue weighted by molar-refractivity contribution is 5.47. The van der Waals surface area contributed by atoms with E-state index in [0.29, 0.717) is 12.5 Å². The molecule has 0 saturated carbocycles. The molecule has 1 saturated heterocycles. The maximum atomic E-state index is 9.57. The average molecular weight is 234 g/mol. The molecule has 1 unspecified atom stereocenters. The molecule has 3 nitrogen and oxygen atoms in total. The molecule has 1 aliphatic rings. The summed E-state index contributed by atoms with van der Waals surface area (Å²) in [6, 6.07) is 8.47. The lowest BCUT2D eigenvalue weighted by molar-refractivity contribution is 0.110. The summed E-state index contributed by atoms with van der Waals surface area (Å²) in [5, 5.41) is 9.57. The first-order valence-electron chi connectivity index (χ1n) is 6.42. The third-order valence-electron chi connectivity index (χ3n) is 3.76. The molecule has 1 atom stereocenters. The molecule has 0 spiro atoms. The highest BCUT2D eigenvalue weighted by atomic mass is 16.3. The molecule has 94 valence electrons. The monoisotopic (exact) mass is 234 g/mol. The van der Waals surface area contributed by atoms with Gasteiger partial charge < -0.3 is 15.7 Å². The summed E-state index contributed by atoms with van der Waals surface area (Å²) in [6.45, 7) is 4.58. The maximum absolute atomic E-state index is 9.57. The summed E-state index contributed by atoms with van der Waals surface area (Å²) in [4.78, 5) is 2.39. The van der Waals surface area contributed by atoms with Crippen molar-refractivity contribution in [1.29, 1.82) is 0 Å². The lowest BCUT2D eigenvalue weighted by atomic mass is 9.92. The van der Waals surface area contributed by atoms with Crippen molar-refractivity contribution in [3.8, 4) is 0 Å². The Balaban J connectivity index is 1.95. The van der Waals surface area contributed by atoms with Crippen molar-refractivity contribution in [3.05, 3.63) is 29.8 Å². The molecule has 3 N–H and O–H groups in total. The number of nitrogens with two attached hydrogens (primary N) is 1. The fourth-order valence-corrected chi connectivity index (χ4v) is 2.48. The van der Waals surface area contributed by atoms with Gasteiger partial charge in [-0.1, -0.05) is 12.1 Å². The van der Waals surface area contributed by atoms with Gasteiger partial charge in [0.05, 0.1) is 6.10 Å². The van der Waals surface area contributed by atoms with Gasteiger partial charge in [0.2, 0.25) is 0 Å². The SMILES string of the molecule is CC(O)C1CCN(c2ccc(CN)cc2)CC1. The summed E-state index contributed by atoms with van der Waals surface area (Å²) in [5.74, 6) is 0.467. The van der Waals surface area contributed by atoms with Crippen LogP contribution in [0.5, 0.6) is 0 Å². The predicted molar refractivity (Wildman–Crippen MR) is 71.0 cm³/mol. The fourth-order valence-electron chi connectivity index (χ4n) is 2.48. The smallest absolute Gasteiger partial charge is 0.0541 e. The number of benzene rings is 1. The predicted octanol–water partition coefficient (Wildman–Crippen LogP) is 1.74. The second-order valence-corrected chi connectivity index (χ2v) is 4.94. The second-order valence-electron chi connectivity index (χ2n) is 4.94. The first-order valence-corrected chi connectivity index (χ1v) is 6.42. The standard InChI is InChI=1S/C14H22N2O/c1-11(17)13-6-8-16(9-7-13)14-4-2-12(10-15)3-5-14/h2-5,11,13,17H,6-10,15H2,1H3. The Morgan fingerprint density at radius 1 is 1.29 bits per heavy atom. The zero-order chi connectivity index (χ0) is 12.3. The van der Waals surface area contributed by atoms with Gasteiger partial charge in [-0.25, -0.2) is 0 Å². The van der Waals surface area contributed by atoms with Gasteiger partial charge >= 0.3 is 0 Å². The van der Waals surface area contributed by atoms with Crippen molar-refractivity contribution >= 4 is 5.69 Å². The molecule has 3 heteroatoms. The number of rotatable bonds is 3. The number of aliphatic hydroxyl groups is 1. The average Bonchev–Trinajstić information content (AvgIpc) is 2.39. The lowest BCUT2D eigenvalue weighted by Crippen LogP contribution is -2.37. The van der Waals surface area contributed by atoms with Crippen LogP contribution >= 0.6 is 0 Å². The third-order valence-corrected chi connectivity index (χ3v) is 3.76. The normalized spacial score (nSPS) is 19.4. The number of hydrogen-bond acceptors (Lipinski definition) is 3. The van der Waals surface area contributed by atoms with Gasteiger partial charge in [-0.05, 0) is 43.4 Å². The van der Waals surface area contributed by atoms with Gasteiger partial charge in [0.15, 0.2) is 0 Å². The van der Waals surface area contributed by atoms with Crippen LogP contribution in [0.1, 0.15) is 25.3 Å². The molecule has 1 heterocycles. The van der Waals surface area contributed by atoms with E-state index in [9.17, 15) is 5.11 Å². The van der Waals surface area contributed by atoms with E-state index in [1.807, 2.05) is 6.92 Å². The molecule has 17 heavy (non-hydrogen) atoms. The molecular weight excluding hydrogens is 212 g/mol. The quantitative estimate of drug-likeness (QED) is 0.837. The van der Waals surface area contributed by atoms with E-state index < -0.39 is 0 Å². The fraction of sp³-hybridized carbons (Fsp3) is 0.571. The Bertz CT molecular complexity index is 340. The summed E-state index contributed by atoms with van der Waals surface area (Å²) < 4.78 is 0. The maximum Gasteiger partial charge on any atom is 0.0541 e. The largest absolute Gasteiger partial charge is 0.393 e. The van der Waals surface area contributed by atoms with Crippen LogP contribution in [0, 0.1) is 5.92 Å². The lowest BCUT2D eigenvalue weighted by Gasteiger charge is -2.34. The molecule has 2 rings (SSSR count).